The quantitative estimate of drug-likeness (QED) is 0.782. The number of nitrogens with one attached hydrogen (secondary N) is 2. The fraction of sp³-hybridized carbons (Fsp3) is 0.625. The predicted molar refractivity (Wildman–Crippen MR) is 115 cm³/mol. The van der Waals surface area contributed by atoms with Gasteiger partial charge in [-0.1, -0.05) is 6.07 Å². The number of nitrogens with zero attached hydrogens (tertiary/aromatic N) is 1. The molecule has 6 heteroatoms. The molecule has 4 saturated carbocycles. The zero-order chi connectivity index (χ0) is 20.9. The van der Waals surface area contributed by atoms with Gasteiger partial charge in [0.15, 0.2) is 0 Å². The Morgan fingerprint density at radius 2 is 1.77 bits per heavy atom. The van der Waals surface area contributed by atoms with Crippen LogP contribution in [0, 0.1) is 23.2 Å². The van der Waals surface area contributed by atoms with E-state index in [1.54, 1.807) is 11.8 Å². The van der Waals surface area contributed by atoms with E-state index in [0.29, 0.717) is 36.4 Å². The lowest BCUT2D eigenvalue weighted by Gasteiger charge is -2.55. The molecule has 4 aliphatic carbocycles. The molecular weight excluding hydrogens is 378 g/mol. The van der Waals surface area contributed by atoms with Crippen LogP contribution in [-0.4, -0.2) is 30.3 Å². The molecule has 1 aromatic carbocycles. The second-order valence-electron chi connectivity index (χ2n) is 10.1. The Kier molecular flexibility index (Phi) is 4.83. The number of amides is 3. The van der Waals surface area contributed by atoms with Crippen molar-refractivity contribution in [2.75, 3.05) is 16.8 Å². The van der Waals surface area contributed by atoms with Gasteiger partial charge in [0.05, 0.1) is 0 Å². The largest absolute Gasteiger partial charge is 0.344 e. The molecular formula is C24H31N3O3. The lowest BCUT2D eigenvalue weighted by molar-refractivity contribution is -0.147. The number of benzene rings is 1. The fourth-order valence-corrected chi connectivity index (χ4v) is 6.73. The van der Waals surface area contributed by atoms with Crippen molar-refractivity contribution in [1.29, 1.82) is 0 Å². The van der Waals surface area contributed by atoms with Crippen molar-refractivity contribution < 1.29 is 14.4 Å². The van der Waals surface area contributed by atoms with E-state index < -0.39 is 6.04 Å². The summed E-state index contributed by atoms with van der Waals surface area (Å²) in [6.45, 7) is 2.47. The first-order chi connectivity index (χ1) is 14.4. The molecule has 2 N–H and O–H groups in total. The number of rotatable bonds is 5. The molecule has 0 unspecified atom stereocenters. The van der Waals surface area contributed by atoms with Crippen molar-refractivity contribution >= 4 is 29.1 Å². The van der Waals surface area contributed by atoms with E-state index in [9.17, 15) is 14.4 Å². The topological polar surface area (TPSA) is 78.5 Å². The second-order valence-corrected chi connectivity index (χ2v) is 10.1. The third-order valence-corrected chi connectivity index (χ3v) is 7.76. The number of anilines is 2. The first-order valence-corrected chi connectivity index (χ1v) is 11.4. The van der Waals surface area contributed by atoms with Gasteiger partial charge in [-0.3, -0.25) is 14.4 Å². The van der Waals surface area contributed by atoms with Crippen LogP contribution in [0.1, 0.15) is 58.3 Å². The Hall–Kier alpha value is -2.37. The van der Waals surface area contributed by atoms with Gasteiger partial charge in [0.1, 0.15) is 6.04 Å². The lowest BCUT2D eigenvalue weighted by atomic mass is 9.49. The molecule has 6 rings (SSSR count). The van der Waals surface area contributed by atoms with Crippen LogP contribution in [0.4, 0.5) is 11.4 Å². The number of carbonyl (C=O) groups excluding carboxylic acids is 3. The van der Waals surface area contributed by atoms with Gasteiger partial charge in [0, 0.05) is 29.8 Å². The molecule has 0 aromatic heterocycles. The summed E-state index contributed by atoms with van der Waals surface area (Å²) < 4.78 is 0. The molecule has 1 saturated heterocycles. The molecule has 160 valence electrons. The van der Waals surface area contributed by atoms with Gasteiger partial charge in [0.25, 0.3) is 0 Å². The summed E-state index contributed by atoms with van der Waals surface area (Å²) in [7, 11) is 0. The summed E-state index contributed by atoms with van der Waals surface area (Å²) in [4.78, 5) is 39.7. The Labute approximate surface area is 177 Å². The molecule has 6 nitrogen and oxygen atoms in total. The Bertz CT molecular complexity index is 845. The summed E-state index contributed by atoms with van der Waals surface area (Å²) >= 11 is 0. The van der Waals surface area contributed by atoms with E-state index in [4.69, 9.17) is 0 Å². The van der Waals surface area contributed by atoms with Crippen LogP contribution in [-0.2, 0) is 14.4 Å². The first-order valence-electron chi connectivity index (χ1n) is 11.4. The maximum absolute atomic E-state index is 13.2. The minimum absolute atomic E-state index is 0.0701. The molecule has 5 fully saturated rings. The fourth-order valence-electron chi connectivity index (χ4n) is 6.73. The summed E-state index contributed by atoms with van der Waals surface area (Å²) in [5.74, 6) is 2.06. The predicted octanol–water partition coefficient (Wildman–Crippen LogP) is 3.47. The van der Waals surface area contributed by atoms with E-state index in [1.165, 1.54) is 19.3 Å². The van der Waals surface area contributed by atoms with Gasteiger partial charge in [0.2, 0.25) is 17.7 Å². The minimum Gasteiger partial charge on any atom is -0.344 e. The van der Waals surface area contributed by atoms with Crippen LogP contribution >= 0.6 is 0 Å². The molecule has 1 aromatic rings. The molecule has 1 aliphatic heterocycles. The van der Waals surface area contributed by atoms with Crippen molar-refractivity contribution in [1.82, 2.24) is 5.32 Å². The van der Waals surface area contributed by atoms with Crippen molar-refractivity contribution in [2.45, 2.75) is 64.3 Å². The summed E-state index contributed by atoms with van der Waals surface area (Å²) in [6, 6.07) is 6.78. The van der Waals surface area contributed by atoms with Crippen LogP contribution < -0.4 is 15.5 Å². The standard InChI is InChI=1S/C24H31N3O3/c1-15(25-23(30)24-12-16-8-17(13-24)10-18(9-16)14-24)22(29)26-19-4-2-5-20(11-19)27-7-3-6-21(27)28/h2,4-5,11,15-18H,3,6-10,12-14H2,1H3,(H,25,30)(H,26,29)/t15-,16?,17?,18?,24?/m0/s1. The molecule has 30 heavy (non-hydrogen) atoms. The van der Waals surface area contributed by atoms with E-state index in [-0.39, 0.29) is 23.1 Å². The monoisotopic (exact) mass is 409 g/mol. The van der Waals surface area contributed by atoms with Crippen LogP contribution in [0.2, 0.25) is 0 Å². The molecule has 5 aliphatic rings. The smallest absolute Gasteiger partial charge is 0.246 e. The minimum atomic E-state index is -0.595. The maximum Gasteiger partial charge on any atom is 0.246 e. The van der Waals surface area contributed by atoms with Crippen molar-refractivity contribution in [2.24, 2.45) is 23.2 Å². The van der Waals surface area contributed by atoms with E-state index in [0.717, 1.165) is 31.4 Å². The zero-order valence-corrected chi connectivity index (χ0v) is 17.7. The zero-order valence-electron chi connectivity index (χ0n) is 17.7. The highest BCUT2D eigenvalue weighted by atomic mass is 16.2. The highest BCUT2D eigenvalue weighted by Crippen LogP contribution is 2.60. The van der Waals surface area contributed by atoms with Gasteiger partial charge in [-0.2, -0.15) is 0 Å². The molecule has 1 heterocycles. The van der Waals surface area contributed by atoms with E-state index >= 15 is 0 Å². The van der Waals surface area contributed by atoms with Gasteiger partial charge >= 0.3 is 0 Å². The van der Waals surface area contributed by atoms with Crippen LogP contribution in [0.25, 0.3) is 0 Å². The van der Waals surface area contributed by atoms with Crippen LogP contribution in [0.15, 0.2) is 24.3 Å². The Morgan fingerprint density at radius 1 is 1.10 bits per heavy atom. The maximum atomic E-state index is 13.2. The van der Waals surface area contributed by atoms with Crippen molar-refractivity contribution in [3.8, 4) is 0 Å². The Balaban J connectivity index is 1.22. The van der Waals surface area contributed by atoms with Gasteiger partial charge in [-0.05, 0) is 87.8 Å². The van der Waals surface area contributed by atoms with Crippen molar-refractivity contribution in [3.05, 3.63) is 24.3 Å². The van der Waals surface area contributed by atoms with E-state index in [2.05, 4.69) is 10.6 Å². The summed E-state index contributed by atoms with van der Waals surface area (Å²) in [5, 5.41) is 5.93. The molecule has 1 atom stereocenters. The highest BCUT2D eigenvalue weighted by Gasteiger charge is 2.54. The second kappa shape index (κ2) is 7.40. The number of hydrogen-bond donors (Lipinski definition) is 2. The molecule has 4 bridgehead atoms. The Morgan fingerprint density at radius 3 is 2.37 bits per heavy atom. The summed E-state index contributed by atoms with van der Waals surface area (Å²) in [5.41, 5.74) is 1.20. The average Bonchev–Trinajstić information content (AvgIpc) is 3.13. The third-order valence-electron chi connectivity index (χ3n) is 7.76. The molecule has 0 radical (unpaired) electrons. The van der Waals surface area contributed by atoms with Crippen LogP contribution in [0.3, 0.4) is 0 Å². The normalized spacial score (nSPS) is 32.9. The lowest BCUT2D eigenvalue weighted by Crippen LogP contribution is -2.56. The van der Waals surface area contributed by atoms with Gasteiger partial charge in [-0.25, -0.2) is 0 Å². The SMILES string of the molecule is C[C@H](NC(=O)C12CC3CC(CC(C3)C1)C2)C(=O)Nc1cccc(N2CCCC2=O)c1. The first kappa shape index (κ1) is 19.6. The summed E-state index contributed by atoms with van der Waals surface area (Å²) in [6.07, 6.45) is 8.28. The molecule has 0 spiro atoms. The van der Waals surface area contributed by atoms with Crippen LogP contribution in [0.5, 0.6) is 0 Å². The van der Waals surface area contributed by atoms with Crippen molar-refractivity contribution in [3.63, 3.8) is 0 Å². The third kappa shape index (κ3) is 3.50. The molecule has 3 amide bonds. The average molecular weight is 410 g/mol. The highest BCUT2D eigenvalue weighted by molar-refractivity contribution is 5.99. The number of hydrogen-bond acceptors (Lipinski definition) is 3. The van der Waals surface area contributed by atoms with E-state index in [1.807, 2.05) is 24.3 Å². The number of carbonyl (C=O) groups is 3. The van der Waals surface area contributed by atoms with Gasteiger partial charge in [-0.15, -0.1) is 0 Å². The van der Waals surface area contributed by atoms with Gasteiger partial charge < -0.3 is 15.5 Å².